The minimum Gasteiger partial charge on any atom is -0.477 e. The molecule has 0 unspecified atom stereocenters. The Morgan fingerprint density at radius 2 is 2.32 bits per heavy atom. The number of nitro benzene ring substituents is 1. The molecule has 0 atom stereocenters. The van der Waals surface area contributed by atoms with E-state index in [0.29, 0.717) is 11.4 Å². The first-order valence-electron chi connectivity index (χ1n) is 5.49. The van der Waals surface area contributed by atoms with E-state index in [1.54, 1.807) is 13.0 Å². The van der Waals surface area contributed by atoms with Crippen molar-refractivity contribution >= 4 is 5.69 Å². The molecule has 2 aromatic rings. The van der Waals surface area contributed by atoms with Crippen LogP contribution < -0.4 is 10.5 Å². The van der Waals surface area contributed by atoms with Crippen LogP contribution in [0.4, 0.5) is 5.69 Å². The van der Waals surface area contributed by atoms with Gasteiger partial charge in [-0.2, -0.15) is 4.98 Å². The van der Waals surface area contributed by atoms with Gasteiger partial charge in [-0.15, -0.1) is 0 Å². The van der Waals surface area contributed by atoms with E-state index in [9.17, 15) is 10.1 Å². The molecule has 0 aliphatic heterocycles. The Morgan fingerprint density at radius 3 is 2.89 bits per heavy atom. The number of benzene rings is 1. The molecule has 0 fully saturated rings. The number of hydrogen-bond donors (Lipinski definition) is 1. The summed E-state index contributed by atoms with van der Waals surface area (Å²) in [5.41, 5.74) is 5.96. The Bertz CT molecular complexity index is 596. The van der Waals surface area contributed by atoms with E-state index in [0.717, 1.165) is 0 Å². The lowest BCUT2D eigenvalue weighted by atomic mass is 10.2. The minimum absolute atomic E-state index is 0.0242. The van der Waals surface area contributed by atoms with E-state index >= 15 is 0 Å². The number of nitrogens with two attached hydrogens (primary N) is 1. The van der Waals surface area contributed by atoms with Crippen molar-refractivity contribution in [2.45, 2.75) is 20.1 Å². The first kappa shape index (κ1) is 13.0. The zero-order valence-corrected chi connectivity index (χ0v) is 10.2. The molecular weight excluding hydrogens is 252 g/mol. The van der Waals surface area contributed by atoms with Gasteiger partial charge in [0.15, 0.2) is 18.2 Å². The van der Waals surface area contributed by atoms with Gasteiger partial charge < -0.3 is 15.0 Å². The summed E-state index contributed by atoms with van der Waals surface area (Å²) in [6.45, 7) is 1.87. The number of aromatic nitrogens is 2. The summed E-state index contributed by atoms with van der Waals surface area (Å²) in [7, 11) is 0. The zero-order valence-electron chi connectivity index (χ0n) is 10.2. The van der Waals surface area contributed by atoms with Crippen LogP contribution in [0.1, 0.15) is 17.3 Å². The molecule has 1 aromatic carbocycles. The van der Waals surface area contributed by atoms with Crippen LogP contribution >= 0.6 is 0 Å². The van der Waals surface area contributed by atoms with Crippen molar-refractivity contribution in [3.63, 3.8) is 0 Å². The molecule has 0 amide bonds. The molecule has 0 spiro atoms. The second kappa shape index (κ2) is 5.44. The lowest BCUT2D eigenvalue weighted by Gasteiger charge is -2.05. The number of hydrogen-bond acceptors (Lipinski definition) is 7. The van der Waals surface area contributed by atoms with Crippen molar-refractivity contribution in [1.29, 1.82) is 0 Å². The van der Waals surface area contributed by atoms with E-state index in [2.05, 4.69) is 10.1 Å². The molecule has 0 aliphatic rings. The van der Waals surface area contributed by atoms with Gasteiger partial charge in [-0.1, -0.05) is 11.2 Å². The molecular formula is C11H12N4O4. The highest BCUT2D eigenvalue weighted by Gasteiger charge is 2.16. The molecule has 0 saturated carbocycles. The molecule has 8 heteroatoms. The maximum atomic E-state index is 10.9. The fourth-order valence-electron chi connectivity index (χ4n) is 1.49. The van der Waals surface area contributed by atoms with Crippen molar-refractivity contribution in [2.75, 3.05) is 0 Å². The lowest BCUT2D eigenvalue weighted by molar-refractivity contribution is -0.386. The smallest absolute Gasteiger partial charge is 0.311 e. The lowest BCUT2D eigenvalue weighted by Crippen LogP contribution is -2.02. The SMILES string of the molecule is Cc1noc(COc2ccc(CN)cc2[N+](=O)[O-])n1. The average molecular weight is 264 g/mol. The van der Waals surface area contributed by atoms with Crippen molar-refractivity contribution in [2.24, 2.45) is 5.73 Å². The highest BCUT2D eigenvalue weighted by molar-refractivity contribution is 5.48. The number of nitrogens with zero attached hydrogens (tertiary/aromatic N) is 3. The maximum absolute atomic E-state index is 10.9. The minimum atomic E-state index is -0.520. The third-order valence-corrected chi connectivity index (χ3v) is 2.38. The van der Waals surface area contributed by atoms with Gasteiger partial charge in [0.2, 0.25) is 0 Å². The maximum Gasteiger partial charge on any atom is 0.311 e. The first-order chi connectivity index (χ1) is 9.10. The van der Waals surface area contributed by atoms with Gasteiger partial charge in [0.25, 0.3) is 5.89 Å². The van der Waals surface area contributed by atoms with Crippen LogP contribution in [-0.4, -0.2) is 15.1 Å². The van der Waals surface area contributed by atoms with E-state index in [1.807, 2.05) is 0 Å². The predicted octanol–water partition coefficient (Wildman–Crippen LogP) is 1.32. The number of ether oxygens (including phenoxy) is 1. The molecule has 19 heavy (non-hydrogen) atoms. The van der Waals surface area contributed by atoms with E-state index < -0.39 is 4.92 Å². The Labute approximate surface area is 108 Å². The largest absolute Gasteiger partial charge is 0.477 e. The molecule has 100 valence electrons. The topological polar surface area (TPSA) is 117 Å². The van der Waals surface area contributed by atoms with Crippen LogP contribution in [0, 0.1) is 17.0 Å². The Kier molecular flexibility index (Phi) is 3.71. The van der Waals surface area contributed by atoms with Crippen molar-refractivity contribution in [3.05, 3.63) is 45.6 Å². The van der Waals surface area contributed by atoms with Crippen LogP contribution in [0.2, 0.25) is 0 Å². The summed E-state index contributed by atoms with van der Waals surface area (Å²) in [5.74, 6) is 0.874. The van der Waals surface area contributed by atoms with E-state index in [-0.39, 0.29) is 30.5 Å². The Balaban J connectivity index is 2.17. The van der Waals surface area contributed by atoms with Crippen LogP contribution in [-0.2, 0) is 13.2 Å². The van der Waals surface area contributed by atoms with Gasteiger partial charge in [-0.3, -0.25) is 10.1 Å². The van der Waals surface area contributed by atoms with Gasteiger partial charge in [0.1, 0.15) is 0 Å². The molecule has 2 N–H and O–H groups in total. The number of aryl methyl sites for hydroxylation is 1. The molecule has 2 rings (SSSR count). The average Bonchev–Trinajstić information content (AvgIpc) is 2.82. The zero-order chi connectivity index (χ0) is 13.8. The standard InChI is InChI=1S/C11H12N4O4/c1-7-13-11(19-14-7)6-18-10-3-2-8(5-12)4-9(10)15(16)17/h2-4H,5-6,12H2,1H3. The molecule has 1 heterocycles. The fourth-order valence-corrected chi connectivity index (χ4v) is 1.49. The highest BCUT2D eigenvalue weighted by Crippen LogP contribution is 2.28. The summed E-state index contributed by atoms with van der Waals surface area (Å²) >= 11 is 0. The highest BCUT2D eigenvalue weighted by atomic mass is 16.6. The van der Waals surface area contributed by atoms with Gasteiger partial charge >= 0.3 is 5.69 Å². The van der Waals surface area contributed by atoms with Gasteiger partial charge in [-0.25, -0.2) is 0 Å². The normalized spacial score (nSPS) is 10.4. The van der Waals surface area contributed by atoms with Crippen LogP contribution in [0.25, 0.3) is 0 Å². The monoisotopic (exact) mass is 264 g/mol. The Morgan fingerprint density at radius 1 is 1.53 bits per heavy atom. The Hall–Kier alpha value is -2.48. The number of nitro groups is 1. The second-order valence-electron chi connectivity index (χ2n) is 3.79. The molecule has 0 bridgehead atoms. The summed E-state index contributed by atoms with van der Waals surface area (Å²) in [6.07, 6.45) is 0. The fraction of sp³-hybridized carbons (Fsp3) is 0.273. The summed E-state index contributed by atoms with van der Waals surface area (Å²) in [5, 5.41) is 14.5. The van der Waals surface area contributed by atoms with Gasteiger partial charge in [0, 0.05) is 12.6 Å². The van der Waals surface area contributed by atoms with Crippen LogP contribution in [0.15, 0.2) is 22.7 Å². The molecule has 8 nitrogen and oxygen atoms in total. The van der Waals surface area contributed by atoms with Crippen LogP contribution in [0.5, 0.6) is 5.75 Å². The van der Waals surface area contributed by atoms with Gasteiger partial charge in [-0.05, 0) is 18.6 Å². The summed E-state index contributed by atoms with van der Waals surface area (Å²) in [4.78, 5) is 14.4. The number of rotatable bonds is 5. The predicted molar refractivity (Wildman–Crippen MR) is 64.4 cm³/mol. The second-order valence-corrected chi connectivity index (χ2v) is 3.79. The van der Waals surface area contributed by atoms with Crippen molar-refractivity contribution in [3.8, 4) is 5.75 Å². The third kappa shape index (κ3) is 3.05. The van der Waals surface area contributed by atoms with E-state index in [1.165, 1.54) is 12.1 Å². The summed E-state index contributed by atoms with van der Waals surface area (Å²) < 4.78 is 10.2. The van der Waals surface area contributed by atoms with Crippen LogP contribution in [0.3, 0.4) is 0 Å². The quantitative estimate of drug-likeness (QED) is 0.639. The molecule has 1 aromatic heterocycles. The molecule has 0 saturated heterocycles. The molecule has 0 radical (unpaired) electrons. The third-order valence-electron chi connectivity index (χ3n) is 2.38. The van der Waals surface area contributed by atoms with Crippen molar-refractivity contribution in [1.82, 2.24) is 10.1 Å². The van der Waals surface area contributed by atoms with Gasteiger partial charge in [0.05, 0.1) is 4.92 Å². The summed E-state index contributed by atoms with van der Waals surface area (Å²) in [6, 6.07) is 4.55. The van der Waals surface area contributed by atoms with E-state index in [4.69, 9.17) is 15.0 Å². The van der Waals surface area contributed by atoms with Crippen molar-refractivity contribution < 1.29 is 14.2 Å². The first-order valence-corrected chi connectivity index (χ1v) is 5.49. The molecule has 0 aliphatic carbocycles.